The molecule has 240 valence electrons. The van der Waals surface area contributed by atoms with Gasteiger partial charge in [-0.15, -0.1) is 0 Å². The first kappa shape index (κ1) is 28.9. The molecule has 0 spiro atoms. The summed E-state index contributed by atoms with van der Waals surface area (Å²) in [6.45, 7) is 0. The fourth-order valence-electron chi connectivity index (χ4n) is 8.51. The molecule has 0 radical (unpaired) electrons. The standard InChI is InChI=1S/C50H30N2/c1-2-15-32(16-3-1)50-51-45(30-46(52-50)49-36-19-7-5-17-33(36)28-34-27-26-31-14-4-6-18-35(31)47(34)49)43-29-44-39-22-9-8-20-37(39)38-21-10-12-24-41(38)48(44)42-25-13-11-23-40(42)43/h1-30H. The molecular formula is C50H30N2. The predicted molar refractivity (Wildman–Crippen MR) is 221 cm³/mol. The van der Waals surface area contributed by atoms with E-state index in [0.29, 0.717) is 5.82 Å². The Balaban J connectivity index is 1.31. The summed E-state index contributed by atoms with van der Waals surface area (Å²) in [6.07, 6.45) is 0. The van der Waals surface area contributed by atoms with E-state index in [1.54, 1.807) is 0 Å². The second kappa shape index (κ2) is 11.3. The van der Waals surface area contributed by atoms with Crippen molar-refractivity contribution in [3.8, 4) is 33.9 Å². The molecule has 11 aromatic rings. The molecule has 1 heterocycles. The largest absolute Gasteiger partial charge is 0.228 e. The second-order valence-corrected chi connectivity index (χ2v) is 13.7. The van der Waals surface area contributed by atoms with E-state index in [9.17, 15) is 0 Å². The van der Waals surface area contributed by atoms with Crippen LogP contribution in [0.1, 0.15) is 0 Å². The molecule has 0 N–H and O–H groups in total. The van der Waals surface area contributed by atoms with Crippen LogP contribution >= 0.6 is 0 Å². The van der Waals surface area contributed by atoms with Crippen LogP contribution in [0.4, 0.5) is 0 Å². The summed E-state index contributed by atoms with van der Waals surface area (Å²) in [5.74, 6) is 0.710. The Hall–Kier alpha value is -6.90. The predicted octanol–water partition coefficient (Wildman–Crippen LogP) is 13.5. The van der Waals surface area contributed by atoms with Crippen LogP contribution in [-0.4, -0.2) is 9.97 Å². The summed E-state index contributed by atoms with van der Waals surface area (Å²) in [7, 11) is 0. The smallest absolute Gasteiger partial charge is 0.160 e. The van der Waals surface area contributed by atoms with Crippen LogP contribution in [0.25, 0.3) is 109 Å². The van der Waals surface area contributed by atoms with Gasteiger partial charge in [0.1, 0.15) is 0 Å². The van der Waals surface area contributed by atoms with E-state index in [0.717, 1.165) is 28.1 Å². The maximum Gasteiger partial charge on any atom is 0.160 e. The summed E-state index contributed by atoms with van der Waals surface area (Å²) in [6, 6.07) is 65.6. The Morgan fingerprint density at radius 2 is 0.808 bits per heavy atom. The van der Waals surface area contributed by atoms with E-state index >= 15 is 0 Å². The van der Waals surface area contributed by atoms with Gasteiger partial charge in [-0.1, -0.05) is 164 Å². The van der Waals surface area contributed by atoms with Crippen LogP contribution in [0.15, 0.2) is 182 Å². The lowest BCUT2D eigenvalue weighted by Gasteiger charge is -2.18. The van der Waals surface area contributed by atoms with Crippen LogP contribution in [0.3, 0.4) is 0 Å². The van der Waals surface area contributed by atoms with E-state index in [2.05, 4.69) is 176 Å². The third kappa shape index (κ3) is 4.31. The Labute approximate surface area is 300 Å². The molecular weight excluding hydrogens is 629 g/mol. The topological polar surface area (TPSA) is 25.8 Å². The molecule has 2 nitrogen and oxygen atoms in total. The zero-order valence-electron chi connectivity index (χ0n) is 28.2. The highest BCUT2D eigenvalue weighted by Crippen LogP contribution is 2.45. The van der Waals surface area contributed by atoms with Crippen molar-refractivity contribution in [3.05, 3.63) is 182 Å². The Kier molecular flexibility index (Phi) is 6.28. The summed E-state index contributed by atoms with van der Waals surface area (Å²) < 4.78 is 0. The first-order valence-corrected chi connectivity index (χ1v) is 17.8. The molecule has 0 aliphatic heterocycles. The number of rotatable bonds is 3. The van der Waals surface area contributed by atoms with Crippen LogP contribution in [0.2, 0.25) is 0 Å². The normalized spacial score (nSPS) is 11.8. The molecule has 0 saturated heterocycles. The maximum absolute atomic E-state index is 5.43. The lowest BCUT2D eigenvalue weighted by Crippen LogP contribution is -1.98. The summed E-state index contributed by atoms with van der Waals surface area (Å²) in [4.78, 5) is 10.8. The van der Waals surface area contributed by atoms with Gasteiger partial charge >= 0.3 is 0 Å². The van der Waals surface area contributed by atoms with Gasteiger partial charge in [0.05, 0.1) is 11.4 Å². The molecule has 0 aliphatic rings. The molecule has 52 heavy (non-hydrogen) atoms. The van der Waals surface area contributed by atoms with Gasteiger partial charge in [0, 0.05) is 16.7 Å². The van der Waals surface area contributed by atoms with Gasteiger partial charge < -0.3 is 0 Å². The van der Waals surface area contributed by atoms with Crippen molar-refractivity contribution in [3.63, 3.8) is 0 Å². The fourth-order valence-corrected chi connectivity index (χ4v) is 8.51. The molecule has 0 unspecified atom stereocenters. The lowest BCUT2D eigenvalue weighted by molar-refractivity contribution is 1.19. The van der Waals surface area contributed by atoms with Crippen molar-refractivity contribution in [2.24, 2.45) is 0 Å². The molecule has 11 rings (SSSR count). The van der Waals surface area contributed by atoms with Gasteiger partial charge in [-0.25, -0.2) is 9.97 Å². The number of aromatic nitrogens is 2. The van der Waals surface area contributed by atoms with Gasteiger partial charge in [-0.3, -0.25) is 0 Å². The minimum Gasteiger partial charge on any atom is -0.228 e. The lowest BCUT2D eigenvalue weighted by atomic mass is 9.88. The van der Waals surface area contributed by atoms with Gasteiger partial charge in [-0.05, 0) is 93.6 Å². The molecule has 2 heteroatoms. The van der Waals surface area contributed by atoms with Crippen LogP contribution in [-0.2, 0) is 0 Å². The Bertz CT molecular complexity index is 3230. The van der Waals surface area contributed by atoms with Crippen molar-refractivity contribution in [1.29, 1.82) is 0 Å². The minimum atomic E-state index is 0.710. The first-order valence-electron chi connectivity index (χ1n) is 17.8. The van der Waals surface area contributed by atoms with E-state index < -0.39 is 0 Å². The second-order valence-electron chi connectivity index (χ2n) is 13.7. The van der Waals surface area contributed by atoms with E-state index in [-0.39, 0.29) is 0 Å². The number of hydrogen-bond acceptors (Lipinski definition) is 2. The van der Waals surface area contributed by atoms with Crippen molar-refractivity contribution >= 4 is 75.4 Å². The molecule has 0 saturated carbocycles. The van der Waals surface area contributed by atoms with E-state index in [4.69, 9.17) is 9.97 Å². The van der Waals surface area contributed by atoms with Crippen molar-refractivity contribution in [1.82, 2.24) is 9.97 Å². The summed E-state index contributed by atoms with van der Waals surface area (Å²) in [5, 5.41) is 17.1. The SMILES string of the molecule is c1ccc(-c2nc(-c3cc4c5ccccc5c5ccccc5c4c4ccccc34)cc(-c3c4ccccc4cc4ccc5ccccc5c34)n2)cc1. The van der Waals surface area contributed by atoms with Crippen LogP contribution in [0.5, 0.6) is 0 Å². The summed E-state index contributed by atoms with van der Waals surface area (Å²) in [5.41, 5.74) is 5.03. The minimum absolute atomic E-state index is 0.710. The van der Waals surface area contributed by atoms with Crippen LogP contribution < -0.4 is 0 Å². The van der Waals surface area contributed by atoms with E-state index in [1.165, 1.54) is 75.4 Å². The Morgan fingerprint density at radius 3 is 1.56 bits per heavy atom. The highest BCUT2D eigenvalue weighted by atomic mass is 14.9. The molecule has 1 aromatic heterocycles. The molecule has 0 bridgehead atoms. The van der Waals surface area contributed by atoms with Gasteiger partial charge in [0.2, 0.25) is 0 Å². The highest BCUT2D eigenvalue weighted by molar-refractivity contribution is 6.33. The van der Waals surface area contributed by atoms with Gasteiger partial charge in [-0.2, -0.15) is 0 Å². The zero-order chi connectivity index (χ0) is 34.2. The van der Waals surface area contributed by atoms with Crippen molar-refractivity contribution in [2.75, 3.05) is 0 Å². The zero-order valence-corrected chi connectivity index (χ0v) is 28.2. The molecule has 0 aliphatic carbocycles. The average molecular weight is 659 g/mol. The number of hydrogen-bond donors (Lipinski definition) is 0. The number of benzene rings is 10. The third-order valence-electron chi connectivity index (χ3n) is 10.8. The van der Waals surface area contributed by atoms with Crippen LogP contribution in [0, 0.1) is 0 Å². The quantitative estimate of drug-likeness (QED) is 0.139. The molecule has 0 fully saturated rings. The monoisotopic (exact) mass is 658 g/mol. The molecule has 0 atom stereocenters. The summed E-state index contributed by atoms with van der Waals surface area (Å²) >= 11 is 0. The third-order valence-corrected chi connectivity index (χ3v) is 10.8. The molecule has 0 amide bonds. The Morgan fingerprint density at radius 1 is 0.288 bits per heavy atom. The fraction of sp³-hybridized carbons (Fsp3) is 0. The highest BCUT2D eigenvalue weighted by Gasteiger charge is 2.20. The van der Waals surface area contributed by atoms with E-state index in [1.807, 2.05) is 6.07 Å². The van der Waals surface area contributed by atoms with Gasteiger partial charge in [0.25, 0.3) is 0 Å². The van der Waals surface area contributed by atoms with Crippen molar-refractivity contribution in [2.45, 2.75) is 0 Å². The number of nitrogens with zero attached hydrogens (tertiary/aromatic N) is 2. The maximum atomic E-state index is 5.43. The van der Waals surface area contributed by atoms with Crippen molar-refractivity contribution < 1.29 is 0 Å². The number of fused-ring (bicyclic) bond motifs is 12. The molecule has 10 aromatic carbocycles. The average Bonchev–Trinajstić information content (AvgIpc) is 3.22. The van der Waals surface area contributed by atoms with Gasteiger partial charge in [0.15, 0.2) is 5.82 Å². The first-order chi connectivity index (χ1) is 25.8.